The third kappa shape index (κ3) is 3.64. The van der Waals surface area contributed by atoms with Gasteiger partial charge in [-0.25, -0.2) is 4.98 Å². The van der Waals surface area contributed by atoms with Gasteiger partial charge in [0.1, 0.15) is 11.4 Å². The summed E-state index contributed by atoms with van der Waals surface area (Å²) in [5.74, 6) is 0.638. The molecule has 2 aromatic carbocycles. The number of fused-ring (bicyclic) bond motifs is 3. The number of anilines is 1. The van der Waals surface area contributed by atoms with Gasteiger partial charge < -0.3 is 5.32 Å². The molecule has 0 bridgehead atoms. The molecule has 136 valence electrons. The summed E-state index contributed by atoms with van der Waals surface area (Å²) in [5.41, 5.74) is 4.49. The topological polar surface area (TPSA) is 72.2 Å². The van der Waals surface area contributed by atoms with E-state index < -0.39 is 0 Å². The van der Waals surface area contributed by atoms with Gasteiger partial charge in [-0.3, -0.25) is 9.20 Å². The van der Waals surface area contributed by atoms with Gasteiger partial charge in [0.05, 0.1) is 16.8 Å². The fourth-order valence-corrected chi connectivity index (χ4v) is 3.63. The first-order valence-corrected chi connectivity index (χ1v) is 9.71. The number of hydrogen-bond acceptors (Lipinski definition) is 5. The van der Waals surface area contributed by atoms with Crippen molar-refractivity contribution in [3.8, 4) is 0 Å². The third-order valence-electron chi connectivity index (χ3n) is 4.30. The summed E-state index contributed by atoms with van der Waals surface area (Å²) >= 11 is 1.36. The van der Waals surface area contributed by atoms with Crippen LogP contribution in [0.1, 0.15) is 25.3 Å². The number of carbonyl (C=O) groups is 1. The van der Waals surface area contributed by atoms with Crippen molar-refractivity contribution in [2.75, 3.05) is 11.1 Å². The molecular weight excluding hydrogens is 358 g/mol. The molecule has 6 nitrogen and oxygen atoms in total. The molecule has 1 N–H and O–H groups in total. The summed E-state index contributed by atoms with van der Waals surface area (Å²) in [4.78, 5) is 17.0. The van der Waals surface area contributed by atoms with Gasteiger partial charge in [0.15, 0.2) is 5.65 Å². The molecule has 0 saturated carbocycles. The maximum atomic E-state index is 12.3. The lowest BCUT2D eigenvalue weighted by Crippen LogP contribution is -2.14. The molecule has 0 unspecified atom stereocenters. The summed E-state index contributed by atoms with van der Waals surface area (Å²) < 4.78 is 1.90. The number of nitrogens with zero attached hydrogens (tertiary/aromatic N) is 4. The number of amides is 1. The lowest BCUT2D eigenvalue weighted by atomic mass is 10.0. The number of hydrogen-bond donors (Lipinski definition) is 1. The number of para-hydroxylation sites is 2. The molecule has 0 aliphatic carbocycles. The van der Waals surface area contributed by atoms with Crippen LogP contribution < -0.4 is 5.32 Å². The highest BCUT2D eigenvalue weighted by molar-refractivity contribution is 8.00. The predicted octanol–water partition coefficient (Wildman–Crippen LogP) is 4.13. The second-order valence-corrected chi connectivity index (χ2v) is 7.51. The van der Waals surface area contributed by atoms with Crippen LogP contribution in [-0.4, -0.2) is 31.2 Å². The zero-order valence-corrected chi connectivity index (χ0v) is 15.9. The standard InChI is InChI=1S/C20H19N5OS/c1-13(2)14-7-9-15(10-8-14)22-18(26)11-27-20-19-24-21-12-25(19)17-6-4-3-5-16(17)23-20/h3-10,12-13H,11H2,1-2H3,(H,22,26). The molecule has 2 heterocycles. The first kappa shape index (κ1) is 17.5. The Morgan fingerprint density at radius 1 is 1.15 bits per heavy atom. The van der Waals surface area contributed by atoms with Crippen LogP contribution in [0.2, 0.25) is 0 Å². The molecule has 1 amide bonds. The Labute approximate surface area is 161 Å². The van der Waals surface area contributed by atoms with E-state index in [1.807, 2.05) is 52.9 Å². The van der Waals surface area contributed by atoms with E-state index in [1.54, 1.807) is 6.33 Å². The zero-order chi connectivity index (χ0) is 18.8. The highest BCUT2D eigenvalue weighted by Gasteiger charge is 2.12. The average Bonchev–Trinajstić information content (AvgIpc) is 3.17. The van der Waals surface area contributed by atoms with Gasteiger partial charge in [0.2, 0.25) is 5.91 Å². The van der Waals surface area contributed by atoms with Crippen LogP contribution in [0.15, 0.2) is 59.9 Å². The van der Waals surface area contributed by atoms with Crippen LogP contribution in [-0.2, 0) is 4.79 Å². The Morgan fingerprint density at radius 2 is 1.93 bits per heavy atom. The maximum Gasteiger partial charge on any atom is 0.234 e. The van der Waals surface area contributed by atoms with Gasteiger partial charge in [0, 0.05) is 5.69 Å². The second kappa shape index (κ2) is 7.36. The Kier molecular flexibility index (Phi) is 4.77. The van der Waals surface area contributed by atoms with Gasteiger partial charge in [-0.2, -0.15) is 0 Å². The summed E-state index contributed by atoms with van der Waals surface area (Å²) in [6.07, 6.45) is 1.67. The molecule has 0 aliphatic heterocycles. The summed E-state index contributed by atoms with van der Waals surface area (Å²) in [6.45, 7) is 4.29. The summed E-state index contributed by atoms with van der Waals surface area (Å²) in [6, 6.07) is 15.7. The third-order valence-corrected chi connectivity index (χ3v) is 5.26. The van der Waals surface area contributed by atoms with E-state index in [9.17, 15) is 4.79 Å². The van der Waals surface area contributed by atoms with Gasteiger partial charge in [-0.15, -0.1) is 10.2 Å². The molecule has 0 aliphatic rings. The first-order chi connectivity index (χ1) is 13.1. The highest BCUT2D eigenvalue weighted by atomic mass is 32.2. The van der Waals surface area contributed by atoms with Crippen LogP contribution in [0.5, 0.6) is 0 Å². The molecule has 0 radical (unpaired) electrons. The molecule has 4 rings (SSSR count). The van der Waals surface area contributed by atoms with Crippen molar-refractivity contribution in [1.82, 2.24) is 19.6 Å². The Balaban J connectivity index is 1.49. The minimum absolute atomic E-state index is 0.0788. The molecule has 0 saturated heterocycles. The van der Waals surface area contributed by atoms with Crippen molar-refractivity contribution in [3.05, 3.63) is 60.4 Å². The zero-order valence-electron chi connectivity index (χ0n) is 15.1. The van der Waals surface area contributed by atoms with E-state index in [-0.39, 0.29) is 11.7 Å². The maximum absolute atomic E-state index is 12.3. The molecule has 27 heavy (non-hydrogen) atoms. The van der Waals surface area contributed by atoms with Crippen molar-refractivity contribution in [2.45, 2.75) is 24.8 Å². The van der Waals surface area contributed by atoms with Crippen LogP contribution in [0.3, 0.4) is 0 Å². The highest BCUT2D eigenvalue weighted by Crippen LogP contribution is 2.24. The number of thioether (sulfide) groups is 1. The van der Waals surface area contributed by atoms with Crippen LogP contribution in [0, 0.1) is 0 Å². The lowest BCUT2D eigenvalue weighted by Gasteiger charge is -2.09. The SMILES string of the molecule is CC(C)c1ccc(NC(=O)CSc2nc3ccccc3n3cnnc23)cc1. The van der Waals surface area contributed by atoms with E-state index >= 15 is 0 Å². The van der Waals surface area contributed by atoms with Crippen LogP contribution in [0.25, 0.3) is 16.7 Å². The Morgan fingerprint density at radius 3 is 2.70 bits per heavy atom. The van der Waals surface area contributed by atoms with Crippen molar-refractivity contribution in [2.24, 2.45) is 0 Å². The lowest BCUT2D eigenvalue weighted by molar-refractivity contribution is -0.113. The Bertz CT molecular complexity index is 1100. The van der Waals surface area contributed by atoms with Crippen molar-refractivity contribution in [1.29, 1.82) is 0 Å². The number of benzene rings is 2. The van der Waals surface area contributed by atoms with Gasteiger partial charge in [-0.05, 0) is 35.7 Å². The van der Waals surface area contributed by atoms with E-state index in [0.717, 1.165) is 16.7 Å². The number of nitrogens with one attached hydrogen (secondary N) is 1. The molecule has 0 spiro atoms. The normalized spacial score (nSPS) is 11.4. The van der Waals surface area contributed by atoms with Gasteiger partial charge in [-0.1, -0.05) is 49.9 Å². The summed E-state index contributed by atoms with van der Waals surface area (Å²) in [5, 5.41) is 11.8. The second-order valence-electron chi connectivity index (χ2n) is 6.54. The summed E-state index contributed by atoms with van der Waals surface area (Å²) in [7, 11) is 0. The minimum atomic E-state index is -0.0788. The quantitative estimate of drug-likeness (QED) is 0.530. The first-order valence-electron chi connectivity index (χ1n) is 8.73. The fourth-order valence-electron chi connectivity index (χ4n) is 2.86. The average molecular weight is 377 g/mol. The largest absolute Gasteiger partial charge is 0.325 e. The molecule has 0 atom stereocenters. The predicted molar refractivity (Wildman–Crippen MR) is 108 cm³/mol. The van der Waals surface area contributed by atoms with E-state index in [4.69, 9.17) is 0 Å². The minimum Gasteiger partial charge on any atom is -0.325 e. The number of carbonyl (C=O) groups excluding carboxylic acids is 1. The fraction of sp³-hybridized carbons (Fsp3) is 0.200. The molecule has 0 fully saturated rings. The van der Waals surface area contributed by atoms with Crippen molar-refractivity contribution in [3.63, 3.8) is 0 Å². The monoisotopic (exact) mass is 377 g/mol. The molecule has 4 aromatic rings. The van der Waals surface area contributed by atoms with E-state index in [1.165, 1.54) is 17.3 Å². The van der Waals surface area contributed by atoms with Gasteiger partial charge >= 0.3 is 0 Å². The van der Waals surface area contributed by atoms with E-state index in [2.05, 4.69) is 34.3 Å². The van der Waals surface area contributed by atoms with Crippen molar-refractivity contribution >= 4 is 40.0 Å². The van der Waals surface area contributed by atoms with Crippen molar-refractivity contribution < 1.29 is 4.79 Å². The molecule has 2 aromatic heterocycles. The van der Waals surface area contributed by atoms with Crippen LogP contribution in [0.4, 0.5) is 5.69 Å². The smallest absolute Gasteiger partial charge is 0.234 e. The van der Waals surface area contributed by atoms with E-state index in [0.29, 0.717) is 16.6 Å². The number of rotatable bonds is 5. The van der Waals surface area contributed by atoms with Gasteiger partial charge in [0.25, 0.3) is 0 Å². The number of aromatic nitrogens is 4. The Hall–Kier alpha value is -2.93. The molecule has 7 heteroatoms. The van der Waals surface area contributed by atoms with Crippen LogP contribution >= 0.6 is 11.8 Å². The molecular formula is C20H19N5OS.